The van der Waals surface area contributed by atoms with E-state index in [2.05, 4.69) is 97.9 Å². The molecule has 1 atom stereocenters. The van der Waals surface area contributed by atoms with E-state index in [9.17, 15) is 0 Å². The predicted molar refractivity (Wildman–Crippen MR) is 239 cm³/mol. The molecule has 6 heterocycles. The van der Waals surface area contributed by atoms with Gasteiger partial charge in [0.15, 0.2) is 0 Å². The molecule has 292 valence electrons. The van der Waals surface area contributed by atoms with Crippen molar-refractivity contribution in [1.82, 2.24) is 35.6 Å². The molecule has 11 heteroatoms. The van der Waals surface area contributed by atoms with E-state index in [1.54, 1.807) is 0 Å². The minimum absolute atomic E-state index is 0.839. The maximum atomic E-state index is 2.98. The summed E-state index contributed by atoms with van der Waals surface area (Å²) in [7, 11) is 0. The number of hydrogen-bond donors (Lipinski definition) is 0. The summed E-state index contributed by atoms with van der Waals surface area (Å²) in [6.45, 7) is 33.7. The summed E-state index contributed by atoms with van der Waals surface area (Å²) in [6, 6.07) is 1.71. The van der Waals surface area contributed by atoms with Crippen molar-refractivity contribution in [3.05, 3.63) is 0 Å². The Bertz CT molecular complexity index is 932. The number of halogens is 3. The smallest absolute Gasteiger partial charge is 0.0373 e. The molecule has 6 aliphatic rings. The molecule has 0 aliphatic carbocycles. The third-order valence-electron chi connectivity index (χ3n) is 14.0. The number of rotatable bonds is 14. The Morgan fingerprint density at radius 1 is 0.500 bits per heavy atom. The number of piperazine rings is 2. The van der Waals surface area contributed by atoms with Crippen LogP contribution < -0.4 is 0 Å². The summed E-state index contributed by atoms with van der Waals surface area (Å²) < 4.78 is 6.95. The van der Waals surface area contributed by atoms with Crippen molar-refractivity contribution in [2.24, 2.45) is 23.7 Å². The predicted octanol–water partition coefficient (Wildman–Crippen LogP) is 6.38. The third kappa shape index (κ3) is 12.7. The van der Waals surface area contributed by atoms with Crippen LogP contribution in [0.2, 0.25) is 0 Å². The van der Waals surface area contributed by atoms with E-state index < -0.39 is 16.1 Å². The Kier molecular flexibility index (Phi) is 17.8. The van der Waals surface area contributed by atoms with Crippen LogP contribution >= 0.6 is 57.6 Å². The molecule has 0 N–H and O–H groups in total. The monoisotopic (exact) mass is 1040 g/mol. The van der Waals surface area contributed by atoms with E-state index in [4.69, 9.17) is 0 Å². The molecule has 0 aromatic rings. The van der Waals surface area contributed by atoms with Crippen LogP contribution in [0, 0.1) is 23.7 Å². The van der Waals surface area contributed by atoms with Gasteiger partial charge in [0.2, 0.25) is 0 Å². The van der Waals surface area contributed by atoms with Crippen molar-refractivity contribution < 1.29 is 0 Å². The van der Waals surface area contributed by atoms with E-state index in [0.29, 0.717) is 0 Å². The van der Waals surface area contributed by atoms with Crippen LogP contribution in [0.25, 0.3) is 0 Å². The van der Waals surface area contributed by atoms with Gasteiger partial charge < -0.3 is 4.90 Å². The summed E-state index contributed by atoms with van der Waals surface area (Å²) in [5, 5.41) is 0. The van der Waals surface area contributed by atoms with Crippen molar-refractivity contribution in [3.8, 4) is 0 Å². The molecule has 0 saturated carbocycles. The van der Waals surface area contributed by atoms with E-state index >= 15 is 0 Å². The fourth-order valence-corrected chi connectivity index (χ4v) is 20.4. The Hall–Kier alpha value is 1.87. The Morgan fingerprint density at radius 3 is 1.46 bits per heavy atom. The number of alkyl halides is 1. The van der Waals surface area contributed by atoms with Crippen molar-refractivity contribution in [3.63, 3.8) is 0 Å². The second-order valence-corrected chi connectivity index (χ2v) is 29.0. The van der Waals surface area contributed by atoms with Gasteiger partial charge in [-0.1, -0.05) is 13.8 Å². The van der Waals surface area contributed by atoms with Gasteiger partial charge in [-0.15, -0.1) is 0 Å². The summed E-state index contributed by atoms with van der Waals surface area (Å²) >= 11 is 4.39. The first-order valence-electron chi connectivity index (χ1n) is 21.2. The van der Waals surface area contributed by atoms with Gasteiger partial charge in [-0.25, -0.2) is 3.11 Å². The zero-order valence-electron chi connectivity index (χ0n) is 32.4. The average Bonchev–Trinajstić information content (AvgIpc) is 3.15. The van der Waals surface area contributed by atoms with Crippen molar-refractivity contribution >= 4 is 57.6 Å². The fraction of sp³-hybridized carbons (Fsp3) is 1.00. The molecule has 6 aliphatic heterocycles. The molecule has 8 nitrogen and oxygen atoms in total. The zero-order valence-corrected chi connectivity index (χ0v) is 38.9. The summed E-state index contributed by atoms with van der Waals surface area (Å²) in [4.78, 5) is 16.8. The van der Waals surface area contributed by atoms with Crippen LogP contribution in [-0.2, 0) is 0 Å². The molecule has 0 aromatic heterocycles. The molecule has 50 heavy (non-hydrogen) atoms. The summed E-state index contributed by atoms with van der Waals surface area (Å²) in [5.41, 5.74) is 0. The van der Waals surface area contributed by atoms with E-state index in [-0.39, 0.29) is 0 Å². The molecule has 6 fully saturated rings. The van der Waals surface area contributed by atoms with Crippen LogP contribution in [0.4, 0.5) is 0 Å². The number of piperidine rings is 4. The van der Waals surface area contributed by atoms with Gasteiger partial charge in [0.05, 0.1) is 0 Å². The van der Waals surface area contributed by atoms with Crippen LogP contribution in [-0.4, -0.2) is 183 Å². The zero-order chi connectivity index (χ0) is 34.9. The third-order valence-corrected chi connectivity index (χ3v) is 25.2. The Balaban J connectivity index is 0.781. The van der Waals surface area contributed by atoms with Gasteiger partial charge in [0.1, 0.15) is 0 Å². The molecule has 0 radical (unpaired) electrons. The SMILES string of the molecule is CC(C)C1CCN(C2CCN(CCCN3CCC(C(C)CI(I)N4CCN(C5CCN(CCN6CCN(I)CC6)CC5)CC4)CC3)CC2)CC1. The second kappa shape index (κ2) is 21.4. The molecule has 1 unspecified atom stereocenters. The van der Waals surface area contributed by atoms with E-state index in [1.807, 2.05) is 0 Å². The van der Waals surface area contributed by atoms with Gasteiger partial charge >= 0.3 is 241 Å². The molecule has 0 spiro atoms. The standard InChI is InChI=1S/C39H75I3N8/c1-34(2)36-7-21-47(22-8-36)38-9-17-44(18-10-38)14-4-13-43-15-5-37(6-16-43)35(3)33-42(40)50-31-27-48(28-32-50)39-11-19-45(20-12-39)23-24-46-25-29-49(41)30-26-46/h34-39H,4-33H2,1-3H3. The fourth-order valence-electron chi connectivity index (χ4n) is 10.1. The van der Waals surface area contributed by atoms with Crippen molar-refractivity contribution in [2.75, 3.05) is 135 Å². The van der Waals surface area contributed by atoms with E-state index in [1.165, 1.54) is 193 Å². The maximum absolute atomic E-state index is 2.98. The first-order chi connectivity index (χ1) is 24.3. The molecular formula is C39H75I3N8. The first kappa shape index (κ1) is 41.5. The van der Waals surface area contributed by atoms with Gasteiger partial charge in [-0.2, -0.15) is 0 Å². The van der Waals surface area contributed by atoms with Gasteiger partial charge in [0.25, 0.3) is 0 Å². The van der Waals surface area contributed by atoms with Gasteiger partial charge in [0, 0.05) is 42.0 Å². The van der Waals surface area contributed by atoms with Gasteiger partial charge in [-0.3, -0.25) is 0 Å². The second-order valence-electron chi connectivity index (χ2n) is 17.4. The molecule has 6 rings (SSSR count). The Morgan fingerprint density at radius 2 is 0.940 bits per heavy atom. The summed E-state index contributed by atoms with van der Waals surface area (Å²) in [6.07, 6.45) is 12.7. The van der Waals surface area contributed by atoms with E-state index in [0.717, 1.165) is 35.8 Å². The minimum atomic E-state index is -1.05. The van der Waals surface area contributed by atoms with Crippen molar-refractivity contribution in [2.45, 2.75) is 90.6 Å². The number of nitrogens with zero attached hydrogens (tertiary/aromatic N) is 8. The first-order valence-corrected chi connectivity index (χ1v) is 30.9. The Labute approximate surface area is 339 Å². The molecular weight excluding hydrogens is 961 g/mol. The molecule has 0 aromatic carbocycles. The number of likely N-dealkylation sites (tertiary alicyclic amines) is 4. The van der Waals surface area contributed by atoms with Crippen LogP contribution in [0.5, 0.6) is 0 Å². The molecule has 0 bridgehead atoms. The van der Waals surface area contributed by atoms with Gasteiger partial charge in [-0.05, 0) is 37.8 Å². The normalized spacial score (nSPS) is 28.6. The van der Waals surface area contributed by atoms with Crippen LogP contribution in [0.15, 0.2) is 0 Å². The molecule has 6 saturated heterocycles. The topological polar surface area (TPSA) is 25.9 Å². The average molecular weight is 1040 g/mol. The quantitative estimate of drug-likeness (QED) is 0.113. The molecule has 0 amide bonds. The number of hydrogen-bond acceptors (Lipinski definition) is 8. The minimum Gasteiger partial charge on any atom is -0.0373 e. The van der Waals surface area contributed by atoms with Crippen LogP contribution in [0.3, 0.4) is 0 Å². The van der Waals surface area contributed by atoms with Crippen LogP contribution in [0.1, 0.15) is 78.6 Å². The van der Waals surface area contributed by atoms with Crippen molar-refractivity contribution in [1.29, 1.82) is 0 Å². The summed E-state index contributed by atoms with van der Waals surface area (Å²) in [5.74, 6) is 3.73.